The number of unbranched alkanes of at least 4 members (excludes halogenated alkanes) is 8. The Balaban J connectivity index is 1.55. The van der Waals surface area contributed by atoms with E-state index in [1.54, 1.807) is 0 Å². The Labute approximate surface area is 169 Å². The summed E-state index contributed by atoms with van der Waals surface area (Å²) in [5, 5.41) is 4.78. The summed E-state index contributed by atoms with van der Waals surface area (Å²) in [4.78, 5) is 15.8. The van der Waals surface area contributed by atoms with Gasteiger partial charge in [-0.2, -0.15) is 0 Å². The first-order chi connectivity index (χ1) is 13.7. The summed E-state index contributed by atoms with van der Waals surface area (Å²) in [6.07, 6.45) is 13.7. The molecule has 28 heavy (non-hydrogen) atoms. The van der Waals surface area contributed by atoms with Gasteiger partial charge in [-0.25, -0.2) is 0 Å². The number of ether oxygens (including phenoxy) is 1. The number of methoxy groups -OCH3 is 1. The fourth-order valence-electron chi connectivity index (χ4n) is 4.51. The van der Waals surface area contributed by atoms with Gasteiger partial charge in [-0.1, -0.05) is 82.9 Å². The predicted molar refractivity (Wildman–Crippen MR) is 116 cm³/mol. The van der Waals surface area contributed by atoms with Gasteiger partial charge in [0.25, 0.3) is 0 Å². The normalized spacial score (nSPS) is 18.9. The lowest BCUT2D eigenvalue weighted by atomic mass is 9.91. The quantitative estimate of drug-likeness (QED) is 0.379. The first-order valence-corrected chi connectivity index (χ1v) is 11.2. The van der Waals surface area contributed by atoms with Crippen LogP contribution in [0.4, 0.5) is 0 Å². The average Bonchev–Trinajstić information content (AvgIpc) is 3.10. The maximum absolute atomic E-state index is 12.2. The number of benzene rings is 1. The summed E-state index contributed by atoms with van der Waals surface area (Å²) in [6.45, 7) is 2.27. The van der Waals surface area contributed by atoms with Crippen LogP contribution in [0.1, 0.15) is 88.4 Å². The number of carbonyl (C=O) groups is 1. The highest BCUT2D eigenvalue weighted by Crippen LogP contribution is 2.34. The molecule has 0 spiro atoms. The first-order valence-electron chi connectivity index (χ1n) is 11.2. The van der Waals surface area contributed by atoms with Crippen molar-refractivity contribution in [1.82, 2.24) is 10.3 Å². The van der Waals surface area contributed by atoms with Gasteiger partial charge in [0.2, 0.25) is 0 Å². The summed E-state index contributed by atoms with van der Waals surface area (Å²) in [7, 11) is 1.48. The van der Waals surface area contributed by atoms with Gasteiger partial charge in [0.05, 0.1) is 7.11 Å². The number of esters is 1. The maximum atomic E-state index is 12.2. The lowest BCUT2D eigenvalue weighted by Gasteiger charge is -2.30. The first kappa shape index (κ1) is 20.9. The Morgan fingerprint density at radius 2 is 1.71 bits per heavy atom. The lowest BCUT2D eigenvalue weighted by molar-refractivity contribution is -0.143. The van der Waals surface area contributed by atoms with Crippen LogP contribution < -0.4 is 5.32 Å². The minimum atomic E-state index is -0.250. The average molecular weight is 385 g/mol. The molecule has 0 amide bonds. The van der Waals surface area contributed by atoms with Crippen LogP contribution in [0.15, 0.2) is 24.3 Å². The highest BCUT2D eigenvalue weighted by Gasteiger charge is 2.33. The van der Waals surface area contributed by atoms with Gasteiger partial charge in [0, 0.05) is 29.1 Å². The molecule has 4 heteroatoms. The van der Waals surface area contributed by atoms with Crippen LogP contribution >= 0.6 is 0 Å². The molecule has 0 bridgehead atoms. The zero-order valence-corrected chi connectivity index (χ0v) is 17.6. The van der Waals surface area contributed by atoms with E-state index in [1.807, 2.05) is 0 Å². The van der Waals surface area contributed by atoms with Crippen LogP contribution in [0.5, 0.6) is 0 Å². The highest BCUT2D eigenvalue weighted by molar-refractivity contribution is 5.87. The van der Waals surface area contributed by atoms with Crippen molar-refractivity contribution in [3.8, 4) is 0 Å². The number of aromatic amines is 1. The van der Waals surface area contributed by atoms with Crippen LogP contribution in [0, 0.1) is 0 Å². The number of para-hydroxylation sites is 1. The fraction of sp³-hybridized carbons (Fsp3) is 0.625. The Hall–Kier alpha value is -1.81. The van der Waals surface area contributed by atoms with Crippen LogP contribution in [0.25, 0.3) is 10.9 Å². The molecule has 4 nitrogen and oxygen atoms in total. The van der Waals surface area contributed by atoms with E-state index in [2.05, 4.69) is 41.5 Å². The molecule has 3 rings (SSSR count). The molecule has 0 aliphatic carbocycles. The second-order valence-corrected chi connectivity index (χ2v) is 8.18. The monoisotopic (exact) mass is 384 g/mol. The van der Waals surface area contributed by atoms with E-state index < -0.39 is 0 Å². The number of nitrogens with one attached hydrogen (secondary N) is 2. The number of hydrogen-bond acceptors (Lipinski definition) is 3. The number of hydrogen-bond donors (Lipinski definition) is 2. The molecule has 1 aliphatic rings. The van der Waals surface area contributed by atoms with Crippen LogP contribution in [-0.2, 0) is 16.0 Å². The van der Waals surface area contributed by atoms with E-state index in [0.29, 0.717) is 6.42 Å². The maximum Gasteiger partial charge on any atom is 0.323 e. The minimum Gasteiger partial charge on any atom is -0.468 e. The van der Waals surface area contributed by atoms with Gasteiger partial charge in [-0.05, 0) is 18.1 Å². The van der Waals surface area contributed by atoms with Crippen molar-refractivity contribution in [3.05, 3.63) is 35.5 Å². The number of fused-ring (bicyclic) bond motifs is 3. The van der Waals surface area contributed by atoms with Crippen molar-refractivity contribution in [3.63, 3.8) is 0 Å². The van der Waals surface area contributed by atoms with E-state index in [1.165, 1.54) is 81.5 Å². The molecule has 0 radical (unpaired) electrons. The van der Waals surface area contributed by atoms with E-state index in [-0.39, 0.29) is 18.1 Å². The lowest BCUT2D eigenvalue weighted by Crippen LogP contribution is -2.45. The van der Waals surface area contributed by atoms with Crippen molar-refractivity contribution >= 4 is 16.9 Å². The van der Waals surface area contributed by atoms with E-state index in [0.717, 1.165) is 11.9 Å². The number of carbonyl (C=O) groups excluding carboxylic acids is 1. The molecule has 1 aliphatic heterocycles. The van der Waals surface area contributed by atoms with Crippen molar-refractivity contribution < 1.29 is 9.53 Å². The van der Waals surface area contributed by atoms with Gasteiger partial charge in [0.1, 0.15) is 6.04 Å². The topological polar surface area (TPSA) is 54.1 Å². The van der Waals surface area contributed by atoms with E-state index in [4.69, 9.17) is 4.74 Å². The van der Waals surface area contributed by atoms with Gasteiger partial charge >= 0.3 is 5.97 Å². The third kappa shape index (κ3) is 5.16. The second-order valence-electron chi connectivity index (χ2n) is 8.18. The molecule has 0 saturated heterocycles. The summed E-state index contributed by atoms with van der Waals surface area (Å²) in [6, 6.07) is 8.35. The molecule has 2 heterocycles. The zero-order chi connectivity index (χ0) is 19.8. The summed E-state index contributed by atoms with van der Waals surface area (Å²) in [5.74, 6) is -0.159. The Bertz CT molecular complexity index is 752. The standard InChI is InChI=1S/C24H36N2O2/c1-3-4-5-6-7-8-9-10-11-16-21-23-19(17-22(25-21)24(27)28-2)18-14-12-13-15-20(18)26-23/h12-15,21-22,25-26H,3-11,16-17H2,1-2H3/t21-,22-/m0/s1. The predicted octanol–water partition coefficient (Wildman–Crippen LogP) is 5.82. The second kappa shape index (κ2) is 10.7. The third-order valence-corrected chi connectivity index (χ3v) is 6.09. The Kier molecular flexibility index (Phi) is 7.96. The molecule has 154 valence electrons. The molecule has 2 aromatic rings. The number of H-pyrrole nitrogens is 1. The van der Waals surface area contributed by atoms with E-state index in [9.17, 15) is 4.79 Å². The van der Waals surface area contributed by atoms with Gasteiger partial charge in [-0.15, -0.1) is 0 Å². The molecule has 0 saturated carbocycles. The number of aromatic nitrogens is 1. The molecular formula is C24H36N2O2. The van der Waals surface area contributed by atoms with Crippen molar-refractivity contribution in [2.24, 2.45) is 0 Å². The Morgan fingerprint density at radius 3 is 2.43 bits per heavy atom. The van der Waals surface area contributed by atoms with Crippen molar-refractivity contribution in [2.45, 2.75) is 89.6 Å². The van der Waals surface area contributed by atoms with Gasteiger partial charge < -0.3 is 9.72 Å². The van der Waals surface area contributed by atoms with Crippen molar-refractivity contribution in [2.75, 3.05) is 7.11 Å². The van der Waals surface area contributed by atoms with E-state index >= 15 is 0 Å². The SMILES string of the molecule is CCCCCCCCCCC[C@@H]1N[C@H](C(=O)OC)Cc2c1[nH]c1ccccc21. The molecule has 0 unspecified atom stereocenters. The minimum absolute atomic E-state index is 0.159. The Morgan fingerprint density at radius 1 is 1.04 bits per heavy atom. The largest absolute Gasteiger partial charge is 0.468 e. The molecule has 2 atom stereocenters. The smallest absolute Gasteiger partial charge is 0.323 e. The third-order valence-electron chi connectivity index (χ3n) is 6.09. The van der Waals surface area contributed by atoms with Crippen LogP contribution in [-0.4, -0.2) is 24.1 Å². The van der Waals surface area contributed by atoms with Crippen molar-refractivity contribution in [1.29, 1.82) is 0 Å². The number of rotatable bonds is 11. The summed E-state index contributed by atoms with van der Waals surface area (Å²) >= 11 is 0. The van der Waals surface area contributed by atoms with Crippen LogP contribution in [0.3, 0.4) is 0 Å². The molecule has 0 fully saturated rings. The molecule has 1 aromatic carbocycles. The van der Waals surface area contributed by atoms with Crippen LogP contribution in [0.2, 0.25) is 0 Å². The fourth-order valence-corrected chi connectivity index (χ4v) is 4.51. The highest BCUT2D eigenvalue weighted by atomic mass is 16.5. The molecule has 1 aromatic heterocycles. The van der Waals surface area contributed by atoms with Gasteiger partial charge in [0.15, 0.2) is 0 Å². The zero-order valence-electron chi connectivity index (χ0n) is 17.6. The van der Waals surface area contributed by atoms with Gasteiger partial charge in [-0.3, -0.25) is 10.1 Å². The summed E-state index contributed by atoms with van der Waals surface area (Å²) in [5.41, 5.74) is 3.71. The molecular weight excluding hydrogens is 348 g/mol. The molecule has 2 N–H and O–H groups in total. The summed E-state index contributed by atoms with van der Waals surface area (Å²) < 4.78 is 5.03.